The summed E-state index contributed by atoms with van der Waals surface area (Å²) in [6, 6.07) is 0. The molecule has 0 aliphatic carbocycles. The maximum atomic E-state index is 12.3. The Balaban J connectivity index is 0.00000181. The van der Waals surface area contributed by atoms with Gasteiger partial charge >= 0.3 is 11.9 Å². The molecule has 5 heterocycles. The van der Waals surface area contributed by atoms with Gasteiger partial charge in [-0.15, -0.1) is 10.1 Å². The number of nitrogens with zero attached hydrogens (tertiary/aromatic N) is 4. The monoisotopic (exact) mass is 494 g/mol. The third-order valence-corrected chi connectivity index (χ3v) is 6.47. The summed E-state index contributed by atoms with van der Waals surface area (Å²) in [7, 11) is 0. The van der Waals surface area contributed by atoms with Crippen molar-refractivity contribution in [2.24, 2.45) is 0 Å². The average molecular weight is 495 g/mol. The lowest BCUT2D eigenvalue weighted by molar-refractivity contribution is -1.07. The number of carbonyl (C=O) groups is 6. The van der Waals surface area contributed by atoms with Crippen LogP contribution in [0.2, 0.25) is 0 Å². The van der Waals surface area contributed by atoms with E-state index in [0.717, 1.165) is 0 Å². The second-order valence-electron chi connectivity index (χ2n) is 8.43. The van der Waals surface area contributed by atoms with E-state index in [1.165, 1.54) is 0 Å². The van der Waals surface area contributed by atoms with Crippen molar-refractivity contribution in [1.82, 2.24) is 10.1 Å². The van der Waals surface area contributed by atoms with Crippen LogP contribution in [0, 0.1) is 0 Å². The Morgan fingerprint density at radius 1 is 0.594 bits per heavy atom. The molecule has 0 aromatic rings. The summed E-state index contributed by atoms with van der Waals surface area (Å²) in [6.45, 7) is 3.89. The molecule has 12 nitrogen and oxygen atoms in total. The highest BCUT2D eigenvalue weighted by Crippen LogP contribution is 2.27. The Labute approximate surface area is 196 Å². The highest BCUT2D eigenvalue weighted by Gasteiger charge is 2.52. The lowest BCUT2D eigenvalue weighted by Crippen LogP contribution is -3.00. The highest BCUT2D eigenvalue weighted by atomic mass is 35.5. The van der Waals surface area contributed by atoms with Crippen LogP contribution in [0.1, 0.15) is 25.7 Å². The van der Waals surface area contributed by atoms with Gasteiger partial charge in [-0.05, 0) is 0 Å². The normalized spacial score (nSPS) is 29.0. The van der Waals surface area contributed by atoms with Crippen molar-refractivity contribution in [2.75, 3.05) is 52.4 Å². The minimum absolute atomic E-state index is 0. The smallest absolute Gasteiger partial charge is 0.387 e. The lowest BCUT2D eigenvalue weighted by Gasteiger charge is -2.54. The van der Waals surface area contributed by atoms with Gasteiger partial charge in [0.1, 0.15) is 39.3 Å². The summed E-state index contributed by atoms with van der Waals surface area (Å²) in [5.74, 6) is -3.26. The van der Waals surface area contributed by atoms with Crippen molar-refractivity contribution in [2.45, 2.75) is 25.7 Å². The Bertz CT molecular complexity index is 726. The molecule has 178 valence electrons. The van der Waals surface area contributed by atoms with E-state index >= 15 is 0 Å². The Hall–Kier alpha value is -2.28. The van der Waals surface area contributed by atoms with Crippen molar-refractivity contribution in [3.8, 4) is 0 Å². The van der Waals surface area contributed by atoms with Gasteiger partial charge in [-0.2, -0.15) is 0 Å². The molecule has 0 atom stereocenters. The number of piperazine rings is 3. The molecule has 0 saturated carbocycles. The molecule has 0 aromatic heterocycles. The fourth-order valence-corrected chi connectivity index (χ4v) is 4.54. The average Bonchev–Trinajstić information content (AvgIpc) is 3.19. The number of imide groups is 2. The Morgan fingerprint density at radius 3 is 1.09 bits per heavy atom. The van der Waals surface area contributed by atoms with Crippen LogP contribution in [0.4, 0.5) is 0 Å². The lowest BCUT2D eigenvalue weighted by atomic mass is 10.1. The maximum absolute atomic E-state index is 12.3. The van der Waals surface area contributed by atoms with Crippen molar-refractivity contribution >= 4 is 35.6 Å². The molecule has 0 unspecified atom stereocenters. The van der Waals surface area contributed by atoms with Gasteiger partial charge in [0.2, 0.25) is 0 Å². The summed E-state index contributed by atoms with van der Waals surface area (Å²) in [5, 5.41) is 1.12. The van der Waals surface area contributed by atoms with Crippen LogP contribution < -0.4 is 24.8 Å². The summed E-state index contributed by atoms with van der Waals surface area (Å²) >= 11 is 0. The first kappa shape index (κ1) is 26.0. The molecule has 0 aromatic carbocycles. The summed E-state index contributed by atoms with van der Waals surface area (Å²) < 4.78 is 0.959. The molecule has 4 amide bonds. The van der Waals surface area contributed by atoms with E-state index in [0.29, 0.717) is 58.4 Å². The van der Waals surface area contributed by atoms with Gasteiger partial charge in [0.05, 0.1) is 0 Å². The van der Waals surface area contributed by atoms with Gasteiger partial charge < -0.3 is 43.5 Å². The number of fused-ring (bicyclic) bond motifs is 3. The van der Waals surface area contributed by atoms with Crippen molar-refractivity contribution in [1.29, 1.82) is 0 Å². The number of carbonyl (C=O) groups excluding carboxylic acids is 6. The standard InChI is InChI=1S/C18H24N4O8.2ClH/c23-13-1-2-14(24)19(13)29-17(27)11-21-5-8-22(9-6-21,10-7-21)12-18(28)30-20-15(25)3-4-16(20)26;;/h1-12H2;2*1H/q+2;;/p-2. The summed E-state index contributed by atoms with van der Waals surface area (Å²) in [4.78, 5) is 81.1. The van der Waals surface area contributed by atoms with Gasteiger partial charge in [-0.1, -0.05) is 0 Å². The van der Waals surface area contributed by atoms with E-state index < -0.39 is 35.6 Å². The fourth-order valence-electron chi connectivity index (χ4n) is 4.54. The molecule has 5 saturated heterocycles. The van der Waals surface area contributed by atoms with E-state index in [-0.39, 0.29) is 63.6 Å². The van der Waals surface area contributed by atoms with Crippen molar-refractivity contribution in [3.63, 3.8) is 0 Å². The first-order valence-electron chi connectivity index (χ1n) is 10.0. The van der Waals surface area contributed by atoms with Crippen molar-refractivity contribution in [3.05, 3.63) is 0 Å². The number of amides is 4. The number of halogens is 2. The topological polar surface area (TPSA) is 127 Å². The molecular formula is C18H24Cl2N4O8. The molecule has 0 N–H and O–H groups in total. The summed E-state index contributed by atoms with van der Waals surface area (Å²) in [5.41, 5.74) is 0. The number of quaternary nitrogens is 2. The molecule has 5 aliphatic rings. The minimum Gasteiger partial charge on any atom is -1.00 e. The van der Waals surface area contributed by atoms with Crippen LogP contribution in [0.5, 0.6) is 0 Å². The van der Waals surface area contributed by atoms with E-state index in [4.69, 9.17) is 9.68 Å². The van der Waals surface area contributed by atoms with Gasteiger partial charge in [0.25, 0.3) is 23.6 Å². The van der Waals surface area contributed by atoms with Crippen LogP contribution >= 0.6 is 0 Å². The molecule has 32 heavy (non-hydrogen) atoms. The third-order valence-electron chi connectivity index (χ3n) is 6.47. The van der Waals surface area contributed by atoms with E-state index in [9.17, 15) is 28.8 Å². The summed E-state index contributed by atoms with van der Waals surface area (Å²) in [6.07, 6.45) is 0.210. The number of hydrogen-bond acceptors (Lipinski definition) is 8. The predicted octanol–water partition coefficient (Wildman–Crippen LogP) is -8.13. The van der Waals surface area contributed by atoms with Gasteiger partial charge in [-0.25, -0.2) is 9.59 Å². The second-order valence-corrected chi connectivity index (χ2v) is 8.43. The van der Waals surface area contributed by atoms with Crippen molar-refractivity contribution < 1.29 is 72.2 Å². The van der Waals surface area contributed by atoms with Crippen LogP contribution in [0.25, 0.3) is 0 Å². The molecule has 0 radical (unpaired) electrons. The van der Waals surface area contributed by atoms with E-state index in [1.807, 2.05) is 0 Å². The van der Waals surface area contributed by atoms with Crippen LogP contribution in [0.3, 0.4) is 0 Å². The minimum atomic E-state index is -0.619. The molecule has 5 rings (SSSR count). The Kier molecular flexibility index (Phi) is 7.87. The SMILES string of the molecule is O=C(C[N+]12CC[N+](CC(=O)ON3C(=O)CCC3=O)(CC1)CC2)ON1C(=O)CCC1=O.[Cl-].[Cl-]. The van der Waals surface area contributed by atoms with Gasteiger partial charge in [0.15, 0.2) is 13.1 Å². The second kappa shape index (κ2) is 9.69. The fraction of sp³-hybridized carbons (Fsp3) is 0.667. The molecule has 0 spiro atoms. The van der Waals surface area contributed by atoms with E-state index in [1.54, 1.807) is 0 Å². The first-order valence-corrected chi connectivity index (χ1v) is 10.0. The third kappa shape index (κ3) is 5.03. The highest BCUT2D eigenvalue weighted by molar-refractivity contribution is 6.02. The largest absolute Gasteiger partial charge is 1.00 e. The number of rotatable bonds is 6. The number of hydrogen-bond donors (Lipinski definition) is 0. The quantitative estimate of drug-likeness (QED) is 0.263. The Morgan fingerprint density at radius 2 is 0.844 bits per heavy atom. The number of hydroxylamine groups is 4. The van der Waals surface area contributed by atoms with Gasteiger partial charge in [0, 0.05) is 25.7 Å². The molecule has 14 heteroatoms. The molecule has 5 aliphatic heterocycles. The zero-order chi connectivity index (χ0) is 21.5. The zero-order valence-electron chi connectivity index (χ0n) is 17.3. The molecule has 5 fully saturated rings. The first-order chi connectivity index (χ1) is 14.2. The zero-order valence-corrected chi connectivity index (χ0v) is 18.8. The van der Waals surface area contributed by atoms with Crippen LogP contribution in [-0.4, -0.2) is 107 Å². The van der Waals surface area contributed by atoms with Crippen LogP contribution in [0.15, 0.2) is 0 Å². The van der Waals surface area contributed by atoms with E-state index in [2.05, 4.69) is 0 Å². The van der Waals surface area contributed by atoms with Gasteiger partial charge in [-0.3, -0.25) is 19.2 Å². The van der Waals surface area contributed by atoms with Crippen LogP contribution in [-0.2, 0) is 38.4 Å². The molecular weight excluding hydrogens is 471 g/mol. The predicted molar refractivity (Wildman–Crippen MR) is 93.8 cm³/mol. The molecule has 2 bridgehead atoms. The maximum Gasteiger partial charge on any atom is 0.387 e.